The molecule has 142 valence electrons. The Hall–Kier alpha value is -3.19. The van der Waals surface area contributed by atoms with Gasteiger partial charge in [-0.3, -0.25) is 4.68 Å². The lowest BCUT2D eigenvalue weighted by Crippen LogP contribution is -2.36. The molecule has 4 heterocycles. The van der Waals surface area contributed by atoms with E-state index < -0.39 is 0 Å². The lowest BCUT2D eigenvalue weighted by molar-refractivity contribution is 0.145. The van der Waals surface area contributed by atoms with E-state index in [1.807, 2.05) is 47.3 Å². The summed E-state index contributed by atoms with van der Waals surface area (Å²) in [6.07, 6.45) is 8.97. The van der Waals surface area contributed by atoms with Gasteiger partial charge in [-0.1, -0.05) is 12.1 Å². The SMILES string of the molecule is Cn1cc(-c2ccc3cnn(-c4ccnc(N5CCC(O)CC5)c4)c3c2)cn1. The van der Waals surface area contributed by atoms with E-state index in [0.717, 1.165) is 59.5 Å². The normalized spacial score (nSPS) is 15.4. The van der Waals surface area contributed by atoms with E-state index in [1.165, 1.54) is 0 Å². The third-order valence-electron chi connectivity index (χ3n) is 5.37. The van der Waals surface area contributed by atoms with E-state index in [2.05, 4.69) is 44.3 Å². The van der Waals surface area contributed by atoms with Crippen molar-refractivity contribution in [3.63, 3.8) is 0 Å². The average Bonchev–Trinajstić information content (AvgIpc) is 3.34. The first-order valence-corrected chi connectivity index (χ1v) is 9.54. The number of anilines is 1. The van der Waals surface area contributed by atoms with Gasteiger partial charge in [0.2, 0.25) is 0 Å². The number of aryl methyl sites for hydroxylation is 1. The molecule has 0 amide bonds. The molecule has 7 nitrogen and oxygen atoms in total. The van der Waals surface area contributed by atoms with Crippen molar-refractivity contribution in [2.45, 2.75) is 18.9 Å². The Labute approximate surface area is 162 Å². The fourth-order valence-electron chi connectivity index (χ4n) is 3.78. The van der Waals surface area contributed by atoms with E-state index in [1.54, 1.807) is 0 Å². The van der Waals surface area contributed by atoms with Crippen LogP contribution in [0.1, 0.15) is 12.8 Å². The standard InChI is InChI=1S/C21H22N6O/c1-25-14-17(13-23-25)15-2-3-16-12-24-27(20(16)10-15)18-4-7-22-21(11-18)26-8-5-19(28)6-9-26/h2-4,7,10-14,19,28H,5-6,8-9H2,1H3. The van der Waals surface area contributed by atoms with Crippen molar-refractivity contribution < 1.29 is 5.11 Å². The molecule has 7 heteroatoms. The van der Waals surface area contributed by atoms with Gasteiger partial charge >= 0.3 is 0 Å². The van der Waals surface area contributed by atoms with E-state index in [-0.39, 0.29) is 6.10 Å². The molecular formula is C21H22N6O. The second kappa shape index (κ2) is 6.76. The minimum atomic E-state index is -0.194. The Morgan fingerprint density at radius 3 is 2.64 bits per heavy atom. The first-order valence-electron chi connectivity index (χ1n) is 9.54. The summed E-state index contributed by atoms with van der Waals surface area (Å²) in [5.74, 6) is 0.927. The molecule has 0 radical (unpaired) electrons. The average molecular weight is 374 g/mol. The Balaban J connectivity index is 1.53. The lowest BCUT2D eigenvalue weighted by Gasteiger charge is -2.30. The number of benzene rings is 1. The summed E-state index contributed by atoms with van der Waals surface area (Å²) >= 11 is 0. The predicted molar refractivity (Wildman–Crippen MR) is 109 cm³/mol. The second-order valence-corrected chi connectivity index (χ2v) is 7.32. The van der Waals surface area contributed by atoms with Crippen LogP contribution in [-0.4, -0.2) is 48.8 Å². The maximum Gasteiger partial charge on any atom is 0.130 e. The summed E-state index contributed by atoms with van der Waals surface area (Å²) in [6, 6.07) is 10.4. The van der Waals surface area contributed by atoms with Gasteiger partial charge in [0, 0.05) is 49.5 Å². The van der Waals surface area contributed by atoms with E-state index in [9.17, 15) is 5.11 Å². The Morgan fingerprint density at radius 1 is 1.00 bits per heavy atom. The van der Waals surface area contributed by atoms with Gasteiger partial charge < -0.3 is 10.0 Å². The van der Waals surface area contributed by atoms with Gasteiger partial charge in [0.15, 0.2) is 0 Å². The second-order valence-electron chi connectivity index (χ2n) is 7.32. The molecule has 1 saturated heterocycles. The predicted octanol–water partition coefficient (Wildman–Crippen LogP) is 2.78. The molecule has 1 fully saturated rings. The summed E-state index contributed by atoms with van der Waals surface area (Å²) in [5.41, 5.74) is 4.23. The largest absolute Gasteiger partial charge is 0.393 e. The third-order valence-corrected chi connectivity index (χ3v) is 5.37. The van der Waals surface area contributed by atoms with Gasteiger partial charge in [0.05, 0.1) is 29.7 Å². The zero-order valence-electron chi connectivity index (χ0n) is 15.7. The minimum absolute atomic E-state index is 0.194. The van der Waals surface area contributed by atoms with Gasteiger partial charge in [0.1, 0.15) is 5.82 Å². The van der Waals surface area contributed by atoms with Crippen molar-refractivity contribution >= 4 is 16.7 Å². The number of aliphatic hydroxyl groups is 1. The molecule has 0 aliphatic carbocycles. The number of rotatable bonds is 3. The fourth-order valence-corrected chi connectivity index (χ4v) is 3.78. The highest BCUT2D eigenvalue weighted by molar-refractivity contribution is 5.85. The Kier molecular flexibility index (Phi) is 4.09. The molecular weight excluding hydrogens is 352 g/mol. The van der Waals surface area contributed by atoms with Crippen LogP contribution in [-0.2, 0) is 7.05 Å². The van der Waals surface area contributed by atoms with Gasteiger partial charge in [-0.15, -0.1) is 0 Å². The molecule has 1 N–H and O–H groups in total. The van der Waals surface area contributed by atoms with E-state index in [4.69, 9.17) is 0 Å². The maximum absolute atomic E-state index is 9.75. The zero-order valence-corrected chi connectivity index (χ0v) is 15.7. The molecule has 3 aromatic heterocycles. The smallest absolute Gasteiger partial charge is 0.130 e. The zero-order chi connectivity index (χ0) is 19.1. The Morgan fingerprint density at radius 2 is 1.86 bits per heavy atom. The number of hydrogen-bond acceptors (Lipinski definition) is 5. The third kappa shape index (κ3) is 3.03. The van der Waals surface area contributed by atoms with Crippen LogP contribution in [0.2, 0.25) is 0 Å². The van der Waals surface area contributed by atoms with Crippen molar-refractivity contribution in [1.82, 2.24) is 24.5 Å². The van der Waals surface area contributed by atoms with Crippen molar-refractivity contribution in [3.05, 3.63) is 55.1 Å². The van der Waals surface area contributed by atoms with Crippen LogP contribution in [0.5, 0.6) is 0 Å². The van der Waals surface area contributed by atoms with E-state index in [0.29, 0.717) is 0 Å². The van der Waals surface area contributed by atoms with Gasteiger partial charge in [-0.05, 0) is 30.5 Å². The first-order chi connectivity index (χ1) is 13.7. The summed E-state index contributed by atoms with van der Waals surface area (Å²) in [6.45, 7) is 1.64. The number of fused-ring (bicyclic) bond motifs is 1. The van der Waals surface area contributed by atoms with Crippen molar-refractivity contribution in [3.8, 4) is 16.8 Å². The van der Waals surface area contributed by atoms with Crippen LogP contribution in [0.15, 0.2) is 55.1 Å². The van der Waals surface area contributed by atoms with E-state index >= 15 is 0 Å². The topological polar surface area (TPSA) is 72.0 Å². The quantitative estimate of drug-likeness (QED) is 0.597. The van der Waals surface area contributed by atoms with Gasteiger partial charge in [0.25, 0.3) is 0 Å². The molecule has 1 aliphatic heterocycles. The lowest BCUT2D eigenvalue weighted by atomic mass is 10.1. The molecule has 5 rings (SSSR count). The van der Waals surface area contributed by atoms with Crippen LogP contribution in [0, 0.1) is 0 Å². The highest BCUT2D eigenvalue weighted by atomic mass is 16.3. The van der Waals surface area contributed by atoms with Crippen LogP contribution in [0.25, 0.3) is 27.7 Å². The number of aliphatic hydroxyl groups excluding tert-OH is 1. The summed E-state index contributed by atoms with van der Waals surface area (Å²) in [4.78, 5) is 6.76. The molecule has 0 saturated carbocycles. The first kappa shape index (κ1) is 16.9. The summed E-state index contributed by atoms with van der Waals surface area (Å²) in [5, 5.41) is 19.7. The Bertz CT molecular complexity index is 1120. The van der Waals surface area contributed by atoms with Gasteiger partial charge in [-0.2, -0.15) is 10.2 Å². The van der Waals surface area contributed by atoms with Crippen LogP contribution >= 0.6 is 0 Å². The molecule has 0 bridgehead atoms. The number of piperidine rings is 1. The van der Waals surface area contributed by atoms with Crippen LogP contribution < -0.4 is 4.90 Å². The highest BCUT2D eigenvalue weighted by Crippen LogP contribution is 2.27. The molecule has 1 aliphatic rings. The molecule has 4 aromatic rings. The summed E-state index contributed by atoms with van der Waals surface area (Å²) < 4.78 is 3.76. The maximum atomic E-state index is 9.75. The number of aromatic nitrogens is 5. The number of hydrogen-bond donors (Lipinski definition) is 1. The molecule has 28 heavy (non-hydrogen) atoms. The van der Waals surface area contributed by atoms with Crippen LogP contribution in [0.3, 0.4) is 0 Å². The highest BCUT2D eigenvalue weighted by Gasteiger charge is 2.18. The monoisotopic (exact) mass is 374 g/mol. The fraction of sp³-hybridized carbons (Fsp3) is 0.286. The molecule has 0 unspecified atom stereocenters. The molecule has 0 spiro atoms. The van der Waals surface area contributed by atoms with Gasteiger partial charge in [-0.25, -0.2) is 9.67 Å². The minimum Gasteiger partial charge on any atom is -0.393 e. The van der Waals surface area contributed by atoms with Crippen molar-refractivity contribution in [2.24, 2.45) is 7.05 Å². The number of nitrogens with zero attached hydrogens (tertiary/aromatic N) is 6. The van der Waals surface area contributed by atoms with Crippen LogP contribution in [0.4, 0.5) is 5.82 Å². The van der Waals surface area contributed by atoms with Crippen molar-refractivity contribution in [1.29, 1.82) is 0 Å². The van der Waals surface area contributed by atoms with Crippen molar-refractivity contribution in [2.75, 3.05) is 18.0 Å². The molecule has 0 atom stereocenters. The molecule has 1 aromatic carbocycles. The number of pyridine rings is 1. The summed E-state index contributed by atoms with van der Waals surface area (Å²) in [7, 11) is 1.92.